The molecule has 0 bridgehead atoms. The van der Waals surface area contributed by atoms with Gasteiger partial charge in [-0.1, -0.05) is 84.3 Å². The number of benzene rings is 1. The number of rotatable bonds is 16. The summed E-state index contributed by atoms with van der Waals surface area (Å²) in [6.07, 6.45) is 17.1. The van der Waals surface area contributed by atoms with E-state index in [-0.39, 0.29) is 0 Å². The Balaban J connectivity index is 1.83. The van der Waals surface area contributed by atoms with Crippen molar-refractivity contribution in [2.24, 2.45) is 5.92 Å². The molecular weight excluding hydrogens is 368 g/mol. The van der Waals surface area contributed by atoms with Crippen molar-refractivity contribution in [2.45, 2.75) is 97.8 Å². The van der Waals surface area contributed by atoms with E-state index in [2.05, 4.69) is 37.9 Å². The Labute approximate surface area is 184 Å². The summed E-state index contributed by atoms with van der Waals surface area (Å²) in [7, 11) is 0. The van der Waals surface area contributed by atoms with Gasteiger partial charge in [0.1, 0.15) is 5.75 Å². The van der Waals surface area contributed by atoms with E-state index in [1.54, 1.807) is 0 Å². The number of aromatic nitrogens is 2. The van der Waals surface area contributed by atoms with Crippen LogP contribution in [0.4, 0.5) is 0 Å². The lowest BCUT2D eigenvalue weighted by molar-refractivity contribution is 0.295. The van der Waals surface area contributed by atoms with Gasteiger partial charge in [0.25, 0.3) is 0 Å². The molecule has 30 heavy (non-hydrogen) atoms. The van der Waals surface area contributed by atoms with Crippen LogP contribution < -0.4 is 4.74 Å². The summed E-state index contributed by atoms with van der Waals surface area (Å²) >= 11 is 0. The van der Waals surface area contributed by atoms with Crippen molar-refractivity contribution in [3.63, 3.8) is 0 Å². The van der Waals surface area contributed by atoms with Crippen molar-refractivity contribution in [3.05, 3.63) is 42.2 Å². The second kappa shape index (κ2) is 15.0. The molecule has 1 atom stereocenters. The van der Waals surface area contributed by atoms with E-state index < -0.39 is 0 Å². The van der Waals surface area contributed by atoms with Gasteiger partial charge >= 0.3 is 0 Å². The molecule has 0 amide bonds. The quantitative estimate of drug-likeness (QED) is 0.263. The summed E-state index contributed by atoms with van der Waals surface area (Å²) in [5, 5.41) is 0. The van der Waals surface area contributed by atoms with Crippen molar-refractivity contribution in [2.75, 3.05) is 6.61 Å². The summed E-state index contributed by atoms with van der Waals surface area (Å²) in [4.78, 5) is 9.38. The van der Waals surface area contributed by atoms with E-state index in [0.717, 1.165) is 48.2 Å². The zero-order valence-corrected chi connectivity index (χ0v) is 19.5. The van der Waals surface area contributed by atoms with Crippen LogP contribution in [0.1, 0.15) is 97.1 Å². The van der Waals surface area contributed by atoms with Gasteiger partial charge in [-0.2, -0.15) is 0 Å². The highest BCUT2D eigenvalue weighted by molar-refractivity contribution is 5.63. The molecule has 1 unspecified atom stereocenters. The fourth-order valence-corrected chi connectivity index (χ4v) is 3.70. The predicted molar refractivity (Wildman–Crippen MR) is 128 cm³/mol. The molecule has 2 aromatic rings. The van der Waals surface area contributed by atoms with Crippen LogP contribution in [-0.2, 0) is 6.42 Å². The summed E-state index contributed by atoms with van der Waals surface area (Å²) in [6, 6.07) is 10.2. The molecule has 0 saturated carbocycles. The second-order valence-corrected chi connectivity index (χ2v) is 8.60. The highest BCUT2D eigenvalue weighted by atomic mass is 16.5. The molecule has 166 valence electrons. The average molecular weight is 411 g/mol. The Bertz CT molecular complexity index is 701. The van der Waals surface area contributed by atoms with Crippen LogP contribution in [0.2, 0.25) is 0 Å². The maximum absolute atomic E-state index is 6.10. The highest BCUT2D eigenvalue weighted by Crippen LogP contribution is 2.27. The van der Waals surface area contributed by atoms with Gasteiger partial charge in [0.05, 0.1) is 12.2 Å². The first-order valence-corrected chi connectivity index (χ1v) is 12.3. The summed E-state index contributed by atoms with van der Waals surface area (Å²) in [5.74, 6) is 2.44. The molecule has 0 N–H and O–H groups in total. The van der Waals surface area contributed by atoms with Crippen molar-refractivity contribution in [1.82, 2.24) is 9.97 Å². The summed E-state index contributed by atoms with van der Waals surface area (Å²) in [6.45, 7) is 7.58. The standard InChI is InChI=1S/C27H42N2O/c1-4-6-7-8-9-10-11-12-17-24-20-21-28-27(29-24)25-18-13-14-19-26(25)30-22-15-16-23(3)5-2/h13-14,18-21,23H,4-12,15-17,22H2,1-3H3. The molecule has 0 aliphatic heterocycles. The third-order valence-electron chi connectivity index (χ3n) is 5.92. The summed E-state index contributed by atoms with van der Waals surface area (Å²) in [5.41, 5.74) is 2.14. The SMILES string of the molecule is CCCCCCCCCCc1ccnc(-c2ccccc2OCCCC(C)CC)n1. The average Bonchev–Trinajstić information content (AvgIpc) is 2.78. The number of aryl methyl sites for hydroxylation is 1. The number of para-hydroxylation sites is 1. The zero-order valence-electron chi connectivity index (χ0n) is 19.5. The van der Waals surface area contributed by atoms with Crippen molar-refractivity contribution < 1.29 is 4.74 Å². The lowest BCUT2D eigenvalue weighted by atomic mass is 10.0. The van der Waals surface area contributed by atoms with Crippen LogP contribution in [0.5, 0.6) is 5.75 Å². The Hall–Kier alpha value is -1.90. The number of unbranched alkanes of at least 4 members (excludes halogenated alkanes) is 7. The smallest absolute Gasteiger partial charge is 0.163 e. The number of ether oxygens (including phenoxy) is 1. The first-order chi connectivity index (χ1) is 14.7. The van der Waals surface area contributed by atoms with E-state index in [1.165, 1.54) is 64.2 Å². The van der Waals surface area contributed by atoms with Gasteiger partial charge in [-0.3, -0.25) is 0 Å². The monoisotopic (exact) mass is 410 g/mol. The minimum atomic E-state index is 0.749. The molecule has 1 aromatic heterocycles. The van der Waals surface area contributed by atoms with Gasteiger partial charge < -0.3 is 4.74 Å². The Morgan fingerprint density at radius 1 is 0.867 bits per heavy atom. The normalized spacial score (nSPS) is 12.1. The Morgan fingerprint density at radius 2 is 1.60 bits per heavy atom. The third kappa shape index (κ3) is 9.28. The van der Waals surface area contributed by atoms with Crippen LogP contribution in [-0.4, -0.2) is 16.6 Å². The molecule has 0 saturated heterocycles. The van der Waals surface area contributed by atoms with Gasteiger partial charge in [-0.05, 0) is 49.8 Å². The Morgan fingerprint density at radius 3 is 2.37 bits per heavy atom. The van der Waals surface area contributed by atoms with Crippen LogP contribution in [0.25, 0.3) is 11.4 Å². The molecule has 1 heterocycles. The van der Waals surface area contributed by atoms with E-state index in [4.69, 9.17) is 9.72 Å². The van der Waals surface area contributed by atoms with E-state index >= 15 is 0 Å². The highest BCUT2D eigenvalue weighted by Gasteiger charge is 2.10. The van der Waals surface area contributed by atoms with Crippen LogP contribution in [0.3, 0.4) is 0 Å². The first kappa shape index (κ1) is 24.4. The second-order valence-electron chi connectivity index (χ2n) is 8.60. The fraction of sp³-hybridized carbons (Fsp3) is 0.630. The van der Waals surface area contributed by atoms with E-state index in [0.29, 0.717) is 0 Å². The van der Waals surface area contributed by atoms with Gasteiger partial charge in [0.2, 0.25) is 0 Å². The molecule has 0 aliphatic carbocycles. The number of hydrogen-bond donors (Lipinski definition) is 0. The molecule has 0 aliphatic rings. The molecule has 0 radical (unpaired) electrons. The predicted octanol–water partition coefficient (Wildman–Crippen LogP) is 8.03. The van der Waals surface area contributed by atoms with E-state index in [9.17, 15) is 0 Å². The van der Waals surface area contributed by atoms with Crippen LogP contribution >= 0.6 is 0 Å². The number of hydrogen-bond acceptors (Lipinski definition) is 3. The molecule has 2 rings (SSSR count). The Kier molecular flexibility index (Phi) is 12.2. The van der Waals surface area contributed by atoms with Crippen LogP contribution in [0, 0.1) is 5.92 Å². The summed E-state index contributed by atoms with van der Waals surface area (Å²) < 4.78 is 6.10. The molecule has 0 spiro atoms. The van der Waals surface area contributed by atoms with Gasteiger partial charge in [-0.25, -0.2) is 9.97 Å². The van der Waals surface area contributed by atoms with Crippen molar-refractivity contribution >= 4 is 0 Å². The van der Waals surface area contributed by atoms with Gasteiger partial charge in [0, 0.05) is 11.9 Å². The molecule has 3 nitrogen and oxygen atoms in total. The lowest BCUT2D eigenvalue weighted by Crippen LogP contribution is -2.03. The van der Waals surface area contributed by atoms with Gasteiger partial charge in [0.15, 0.2) is 5.82 Å². The maximum Gasteiger partial charge on any atom is 0.163 e. The molecule has 1 aromatic carbocycles. The topological polar surface area (TPSA) is 35.0 Å². The third-order valence-corrected chi connectivity index (χ3v) is 5.92. The molecular formula is C27H42N2O. The van der Waals surface area contributed by atoms with Crippen LogP contribution in [0.15, 0.2) is 36.5 Å². The zero-order chi connectivity index (χ0) is 21.4. The molecule has 3 heteroatoms. The van der Waals surface area contributed by atoms with Gasteiger partial charge in [-0.15, -0.1) is 0 Å². The first-order valence-electron chi connectivity index (χ1n) is 12.3. The molecule has 0 fully saturated rings. The minimum Gasteiger partial charge on any atom is -0.493 e. The fourth-order valence-electron chi connectivity index (χ4n) is 3.70. The largest absolute Gasteiger partial charge is 0.493 e. The van der Waals surface area contributed by atoms with Crippen molar-refractivity contribution in [1.29, 1.82) is 0 Å². The minimum absolute atomic E-state index is 0.749. The van der Waals surface area contributed by atoms with Crippen molar-refractivity contribution in [3.8, 4) is 17.1 Å². The number of nitrogens with zero attached hydrogens (tertiary/aromatic N) is 2. The maximum atomic E-state index is 6.10. The van der Waals surface area contributed by atoms with E-state index in [1.807, 2.05) is 24.4 Å². The lowest BCUT2D eigenvalue weighted by Gasteiger charge is -2.12.